The third kappa shape index (κ3) is 2.23. The number of nitrogens with one attached hydrogen (secondary N) is 1. The lowest BCUT2D eigenvalue weighted by Crippen LogP contribution is -2.18. The van der Waals surface area contributed by atoms with Gasteiger partial charge < -0.3 is 10.1 Å². The number of thiophene rings is 1. The average molecular weight is 297 g/mol. The van der Waals surface area contributed by atoms with E-state index in [1.54, 1.807) is 11.3 Å². The lowest BCUT2D eigenvalue weighted by molar-refractivity contribution is -0.116. The Bertz CT molecular complexity index is 844. The summed E-state index contributed by atoms with van der Waals surface area (Å²) in [5.41, 5.74) is 1.95. The van der Waals surface area contributed by atoms with Gasteiger partial charge in [0.15, 0.2) is 0 Å². The molecule has 2 aromatic heterocycles. The first-order valence-electron chi connectivity index (χ1n) is 6.58. The zero-order valence-electron chi connectivity index (χ0n) is 11.0. The van der Waals surface area contributed by atoms with Gasteiger partial charge in [0.1, 0.15) is 16.9 Å². The number of ether oxygens (including phenoxy) is 1. The Morgan fingerprint density at radius 1 is 1.19 bits per heavy atom. The van der Waals surface area contributed by atoms with Gasteiger partial charge in [0.05, 0.1) is 5.39 Å². The molecule has 104 valence electrons. The number of hydrogen-bond acceptors (Lipinski definition) is 5. The Kier molecular flexibility index (Phi) is 2.82. The summed E-state index contributed by atoms with van der Waals surface area (Å²) in [7, 11) is 0. The highest BCUT2D eigenvalue weighted by molar-refractivity contribution is 7.16. The molecule has 0 aliphatic carbocycles. The molecule has 0 fully saturated rings. The molecule has 0 radical (unpaired) electrons. The molecule has 4 rings (SSSR count). The largest absolute Gasteiger partial charge is 0.438 e. The van der Waals surface area contributed by atoms with Crippen molar-refractivity contribution in [3.8, 4) is 11.6 Å². The maximum Gasteiger partial charge on any atom is 0.231 e. The van der Waals surface area contributed by atoms with Gasteiger partial charge in [-0.15, -0.1) is 11.3 Å². The van der Waals surface area contributed by atoms with Gasteiger partial charge in [-0.1, -0.05) is 0 Å². The van der Waals surface area contributed by atoms with Crippen molar-refractivity contribution in [1.82, 2.24) is 9.97 Å². The van der Waals surface area contributed by atoms with E-state index in [-0.39, 0.29) is 5.91 Å². The van der Waals surface area contributed by atoms with E-state index in [0.29, 0.717) is 12.3 Å². The Hall–Kier alpha value is -2.47. The molecule has 1 N–H and O–H groups in total. The molecule has 0 unspecified atom stereocenters. The molecule has 0 atom stereocenters. The maximum atomic E-state index is 11.4. The van der Waals surface area contributed by atoms with E-state index >= 15 is 0 Å². The highest BCUT2D eigenvalue weighted by atomic mass is 32.1. The SMILES string of the molecule is O=C1CCc2cc(Oc3ncnc4sccc34)ccc2N1. The number of benzene rings is 1. The van der Waals surface area contributed by atoms with Crippen LogP contribution in [0.3, 0.4) is 0 Å². The zero-order chi connectivity index (χ0) is 14.2. The van der Waals surface area contributed by atoms with Crippen LogP contribution in [0.4, 0.5) is 5.69 Å². The number of aryl methyl sites for hydroxylation is 1. The molecular formula is C15H11N3O2S. The molecule has 21 heavy (non-hydrogen) atoms. The normalized spacial score (nSPS) is 13.8. The van der Waals surface area contributed by atoms with Crippen LogP contribution in [0.25, 0.3) is 10.2 Å². The van der Waals surface area contributed by atoms with Crippen LogP contribution >= 0.6 is 11.3 Å². The maximum absolute atomic E-state index is 11.4. The smallest absolute Gasteiger partial charge is 0.231 e. The van der Waals surface area contributed by atoms with Crippen LogP contribution in [-0.4, -0.2) is 15.9 Å². The molecule has 1 amide bonds. The third-order valence-corrected chi connectivity index (χ3v) is 4.23. The van der Waals surface area contributed by atoms with E-state index in [1.165, 1.54) is 6.33 Å². The lowest BCUT2D eigenvalue weighted by Gasteiger charge is -2.17. The van der Waals surface area contributed by atoms with Gasteiger partial charge in [-0.2, -0.15) is 0 Å². The number of amides is 1. The Balaban J connectivity index is 1.68. The Morgan fingerprint density at radius 2 is 2.14 bits per heavy atom. The van der Waals surface area contributed by atoms with Crippen molar-refractivity contribution >= 4 is 33.1 Å². The predicted octanol–water partition coefficient (Wildman–Crippen LogP) is 3.37. The minimum Gasteiger partial charge on any atom is -0.438 e. The van der Waals surface area contributed by atoms with Gasteiger partial charge in [0, 0.05) is 12.1 Å². The molecule has 1 aliphatic heterocycles. The number of fused-ring (bicyclic) bond motifs is 2. The molecule has 6 heteroatoms. The standard InChI is InChI=1S/C15H11N3O2S/c19-13-4-1-9-7-10(2-3-12(9)18-13)20-14-11-5-6-21-15(11)17-8-16-14/h2-3,5-8H,1,4H2,(H,18,19). The van der Waals surface area contributed by atoms with Crippen LogP contribution in [0.2, 0.25) is 0 Å². The molecule has 3 aromatic rings. The van der Waals surface area contributed by atoms with Gasteiger partial charge in [-0.05, 0) is 41.6 Å². The predicted molar refractivity (Wildman–Crippen MR) is 80.9 cm³/mol. The number of anilines is 1. The molecule has 0 spiro atoms. The Labute approximate surface area is 124 Å². The molecule has 3 heterocycles. The summed E-state index contributed by atoms with van der Waals surface area (Å²) in [6, 6.07) is 7.61. The molecule has 0 bridgehead atoms. The first-order valence-corrected chi connectivity index (χ1v) is 7.46. The molecule has 0 saturated heterocycles. The fourth-order valence-corrected chi connectivity index (χ4v) is 3.11. The monoisotopic (exact) mass is 297 g/mol. The zero-order valence-corrected chi connectivity index (χ0v) is 11.8. The summed E-state index contributed by atoms with van der Waals surface area (Å²) in [5, 5.41) is 5.74. The lowest BCUT2D eigenvalue weighted by atomic mass is 10.0. The second kappa shape index (κ2) is 4.82. The van der Waals surface area contributed by atoms with Gasteiger partial charge in [-0.25, -0.2) is 9.97 Å². The number of nitrogens with zero attached hydrogens (tertiary/aromatic N) is 2. The van der Waals surface area contributed by atoms with Crippen molar-refractivity contribution in [3.05, 3.63) is 41.5 Å². The van der Waals surface area contributed by atoms with Crippen LogP contribution in [0.15, 0.2) is 36.0 Å². The minimum atomic E-state index is 0.0620. The highest BCUT2D eigenvalue weighted by Gasteiger charge is 2.16. The van der Waals surface area contributed by atoms with Crippen LogP contribution in [-0.2, 0) is 11.2 Å². The average Bonchev–Trinajstić information content (AvgIpc) is 2.97. The van der Waals surface area contributed by atoms with Crippen molar-refractivity contribution in [2.24, 2.45) is 0 Å². The quantitative estimate of drug-likeness (QED) is 0.787. The summed E-state index contributed by atoms with van der Waals surface area (Å²) in [4.78, 5) is 20.7. The van der Waals surface area contributed by atoms with Gasteiger partial charge in [-0.3, -0.25) is 4.79 Å². The van der Waals surface area contributed by atoms with Crippen molar-refractivity contribution < 1.29 is 9.53 Å². The summed E-state index contributed by atoms with van der Waals surface area (Å²) in [6.45, 7) is 0. The summed E-state index contributed by atoms with van der Waals surface area (Å²) in [6.07, 6.45) is 2.75. The Morgan fingerprint density at radius 3 is 3.10 bits per heavy atom. The molecule has 1 aromatic carbocycles. The van der Waals surface area contributed by atoms with Crippen molar-refractivity contribution in [2.75, 3.05) is 5.32 Å². The highest BCUT2D eigenvalue weighted by Crippen LogP contribution is 2.32. The number of carbonyl (C=O) groups is 1. The molecule has 0 saturated carbocycles. The molecule has 5 nitrogen and oxygen atoms in total. The van der Waals surface area contributed by atoms with E-state index in [9.17, 15) is 4.79 Å². The number of carbonyl (C=O) groups excluding carboxylic acids is 1. The molecule has 1 aliphatic rings. The number of hydrogen-bond donors (Lipinski definition) is 1. The van der Waals surface area contributed by atoms with E-state index in [1.807, 2.05) is 29.6 Å². The summed E-state index contributed by atoms with van der Waals surface area (Å²) in [5.74, 6) is 1.34. The van der Waals surface area contributed by atoms with Gasteiger partial charge in [0.25, 0.3) is 0 Å². The fraction of sp³-hybridized carbons (Fsp3) is 0.133. The first-order chi connectivity index (χ1) is 10.3. The van der Waals surface area contributed by atoms with Crippen LogP contribution < -0.4 is 10.1 Å². The second-order valence-electron chi connectivity index (χ2n) is 4.79. The van der Waals surface area contributed by atoms with E-state index in [4.69, 9.17) is 4.74 Å². The second-order valence-corrected chi connectivity index (χ2v) is 5.68. The summed E-state index contributed by atoms with van der Waals surface area (Å²) < 4.78 is 5.89. The van der Waals surface area contributed by atoms with Crippen LogP contribution in [0.5, 0.6) is 11.6 Å². The van der Waals surface area contributed by atoms with Crippen LogP contribution in [0, 0.1) is 0 Å². The number of aromatic nitrogens is 2. The first kappa shape index (κ1) is 12.3. The van der Waals surface area contributed by atoms with Crippen molar-refractivity contribution in [2.45, 2.75) is 12.8 Å². The van der Waals surface area contributed by atoms with E-state index < -0.39 is 0 Å². The molecular weight excluding hydrogens is 286 g/mol. The minimum absolute atomic E-state index is 0.0620. The van der Waals surface area contributed by atoms with Crippen molar-refractivity contribution in [1.29, 1.82) is 0 Å². The fourth-order valence-electron chi connectivity index (χ4n) is 2.38. The van der Waals surface area contributed by atoms with E-state index in [2.05, 4.69) is 15.3 Å². The topological polar surface area (TPSA) is 64.1 Å². The van der Waals surface area contributed by atoms with Gasteiger partial charge in [0.2, 0.25) is 11.8 Å². The third-order valence-electron chi connectivity index (χ3n) is 3.41. The number of rotatable bonds is 2. The van der Waals surface area contributed by atoms with Crippen LogP contribution in [0.1, 0.15) is 12.0 Å². The van der Waals surface area contributed by atoms with Crippen molar-refractivity contribution in [3.63, 3.8) is 0 Å². The summed E-state index contributed by atoms with van der Waals surface area (Å²) >= 11 is 1.56. The van der Waals surface area contributed by atoms with E-state index in [0.717, 1.165) is 33.6 Å². The van der Waals surface area contributed by atoms with Gasteiger partial charge >= 0.3 is 0 Å².